The van der Waals surface area contributed by atoms with Gasteiger partial charge in [-0.15, -0.1) is 0 Å². The third-order valence-electron chi connectivity index (χ3n) is 6.90. The number of piperazine rings is 1. The van der Waals surface area contributed by atoms with Crippen LogP contribution in [-0.4, -0.2) is 70.0 Å². The number of rotatable bonds is 9. The third kappa shape index (κ3) is 6.82. The molecule has 1 amide bonds. The van der Waals surface area contributed by atoms with Crippen molar-refractivity contribution in [3.8, 4) is 17.2 Å². The lowest BCUT2D eigenvalue weighted by Gasteiger charge is -2.34. The van der Waals surface area contributed by atoms with Crippen LogP contribution >= 0.6 is 0 Å². The largest absolute Gasteiger partial charge is 0.484 e. The molecule has 0 N–H and O–H groups in total. The van der Waals surface area contributed by atoms with Crippen LogP contribution in [0.4, 0.5) is 5.69 Å². The van der Waals surface area contributed by atoms with Crippen LogP contribution in [0, 0.1) is 6.92 Å². The smallest absolute Gasteiger partial charge is 0.260 e. The minimum atomic E-state index is -3.49. The highest BCUT2D eigenvalue weighted by molar-refractivity contribution is 7.92. The molecule has 0 aliphatic carbocycles. The van der Waals surface area contributed by atoms with Crippen molar-refractivity contribution in [1.29, 1.82) is 0 Å². The van der Waals surface area contributed by atoms with Crippen molar-refractivity contribution in [1.82, 2.24) is 9.80 Å². The molecule has 0 unspecified atom stereocenters. The van der Waals surface area contributed by atoms with Gasteiger partial charge in [-0.1, -0.05) is 35.9 Å². The predicted molar refractivity (Wildman–Crippen MR) is 149 cm³/mol. The zero-order valence-electron chi connectivity index (χ0n) is 22.2. The van der Waals surface area contributed by atoms with E-state index < -0.39 is 10.0 Å². The van der Waals surface area contributed by atoms with Gasteiger partial charge in [0.25, 0.3) is 5.91 Å². The summed E-state index contributed by atoms with van der Waals surface area (Å²) in [6.45, 7) is 6.02. The zero-order chi connectivity index (χ0) is 27.4. The molecule has 2 heterocycles. The van der Waals surface area contributed by atoms with E-state index in [1.54, 1.807) is 24.3 Å². The standard InChI is InChI=1S/C29H33N3O6S/c1-22-3-5-23(6-4-22)19-32(39(2,34)35)25-8-10-26(11-9-25)36-20-29(33)31-15-13-30(14-16-31)18-24-7-12-27-28(17-24)38-21-37-27/h3-12,17H,13-16,18-21H2,1-2H3. The Bertz CT molecular complexity index is 1400. The molecule has 9 nitrogen and oxygen atoms in total. The molecular formula is C29H33N3O6S. The van der Waals surface area contributed by atoms with Gasteiger partial charge in [0.1, 0.15) is 5.75 Å². The van der Waals surface area contributed by atoms with Crippen LogP contribution in [0.25, 0.3) is 0 Å². The van der Waals surface area contributed by atoms with Crippen LogP contribution in [0.1, 0.15) is 16.7 Å². The summed E-state index contributed by atoms with van der Waals surface area (Å²) >= 11 is 0. The summed E-state index contributed by atoms with van der Waals surface area (Å²) in [6.07, 6.45) is 1.19. The summed E-state index contributed by atoms with van der Waals surface area (Å²) in [5.74, 6) is 2.00. The van der Waals surface area contributed by atoms with Crippen LogP contribution in [0.5, 0.6) is 17.2 Å². The second-order valence-electron chi connectivity index (χ2n) is 9.88. The molecule has 2 aliphatic rings. The molecule has 0 aromatic heterocycles. The lowest BCUT2D eigenvalue weighted by molar-refractivity contribution is -0.135. The minimum Gasteiger partial charge on any atom is -0.484 e. The summed E-state index contributed by atoms with van der Waals surface area (Å²) in [4.78, 5) is 16.9. The van der Waals surface area contributed by atoms with Gasteiger partial charge in [0, 0.05) is 32.7 Å². The predicted octanol–water partition coefficient (Wildman–Crippen LogP) is 3.41. The Morgan fingerprint density at radius 3 is 2.26 bits per heavy atom. The first-order valence-electron chi connectivity index (χ1n) is 12.9. The summed E-state index contributed by atoms with van der Waals surface area (Å²) in [5.41, 5.74) is 3.70. The van der Waals surface area contributed by atoms with Crippen LogP contribution in [-0.2, 0) is 27.9 Å². The maximum absolute atomic E-state index is 12.8. The highest BCUT2D eigenvalue weighted by Gasteiger charge is 2.23. The first-order chi connectivity index (χ1) is 18.7. The van der Waals surface area contributed by atoms with E-state index >= 15 is 0 Å². The topological polar surface area (TPSA) is 88.6 Å². The lowest BCUT2D eigenvalue weighted by atomic mass is 10.1. The van der Waals surface area contributed by atoms with Gasteiger partial charge < -0.3 is 19.1 Å². The summed E-state index contributed by atoms with van der Waals surface area (Å²) in [6, 6.07) is 20.5. The van der Waals surface area contributed by atoms with Gasteiger partial charge in [-0.3, -0.25) is 14.0 Å². The molecule has 0 radical (unpaired) electrons. The summed E-state index contributed by atoms with van der Waals surface area (Å²) in [7, 11) is -3.49. The fourth-order valence-corrected chi connectivity index (χ4v) is 5.55. The Morgan fingerprint density at radius 2 is 1.56 bits per heavy atom. The van der Waals surface area contributed by atoms with Gasteiger partial charge in [0.05, 0.1) is 18.5 Å². The van der Waals surface area contributed by atoms with Crippen LogP contribution in [0.15, 0.2) is 66.7 Å². The molecule has 2 aliphatic heterocycles. The molecule has 5 rings (SSSR count). The zero-order valence-corrected chi connectivity index (χ0v) is 23.0. The molecule has 0 spiro atoms. The van der Waals surface area contributed by atoms with Crippen molar-refractivity contribution in [2.45, 2.75) is 20.0 Å². The number of amides is 1. The van der Waals surface area contributed by atoms with Gasteiger partial charge in [-0.2, -0.15) is 0 Å². The van der Waals surface area contributed by atoms with Gasteiger partial charge in [-0.05, 0) is 54.4 Å². The number of carbonyl (C=O) groups is 1. The summed E-state index contributed by atoms with van der Waals surface area (Å²) < 4.78 is 42.9. The van der Waals surface area contributed by atoms with Crippen molar-refractivity contribution in [2.75, 3.05) is 50.1 Å². The molecule has 1 saturated heterocycles. The lowest BCUT2D eigenvalue weighted by Crippen LogP contribution is -2.49. The van der Waals surface area contributed by atoms with Crippen molar-refractivity contribution in [2.24, 2.45) is 0 Å². The first-order valence-corrected chi connectivity index (χ1v) is 14.7. The molecule has 0 atom stereocenters. The molecule has 1 fully saturated rings. The van der Waals surface area contributed by atoms with Crippen LogP contribution in [0.2, 0.25) is 0 Å². The number of ether oxygens (including phenoxy) is 3. The second-order valence-corrected chi connectivity index (χ2v) is 11.8. The van der Waals surface area contributed by atoms with Gasteiger partial charge in [0.2, 0.25) is 16.8 Å². The van der Waals surface area contributed by atoms with Gasteiger partial charge >= 0.3 is 0 Å². The van der Waals surface area contributed by atoms with Crippen molar-refractivity contribution < 1.29 is 27.4 Å². The van der Waals surface area contributed by atoms with Crippen molar-refractivity contribution in [3.63, 3.8) is 0 Å². The average Bonchev–Trinajstić information content (AvgIpc) is 3.40. The molecule has 206 valence electrons. The maximum Gasteiger partial charge on any atom is 0.260 e. The number of fused-ring (bicyclic) bond motifs is 1. The van der Waals surface area contributed by atoms with Crippen molar-refractivity contribution >= 4 is 21.6 Å². The van der Waals surface area contributed by atoms with E-state index in [4.69, 9.17) is 14.2 Å². The number of aryl methyl sites for hydroxylation is 1. The van der Waals surface area contributed by atoms with Crippen LogP contribution < -0.4 is 18.5 Å². The molecular weight excluding hydrogens is 518 g/mol. The summed E-state index contributed by atoms with van der Waals surface area (Å²) in [5, 5.41) is 0. The molecule has 3 aromatic carbocycles. The number of hydrogen-bond donors (Lipinski definition) is 0. The fourth-order valence-electron chi connectivity index (χ4n) is 4.66. The number of nitrogens with zero attached hydrogens (tertiary/aromatic N) is 3. The van der Waals surface area contributed by atoms with E-state index in [1.165, 1.54) is 10.6 Å². The van der Waals surface area contributed by atoms with Gasteiger partial charge in [0.15, 0.2) is 18.1 Å². The van der Waals surface area contributed by atoms with Crippen molar-refractivity contribution in [3.05, 3.63) is 83.4 Å². The average molecular weight is 552 g/mol. The highest BCUT2D eigenvalue weighted by atomic mass is 32.2. The highest BCUT2D eigenvalue weighted by Crippen LogP contribution is 2.33. The number of anilines is 1. The molecule has 0 bridgehead atoms. The Morgan fingerprint density at radius 1 is 0.897 bits per heavy atom. The third-order valence-corrected chi connectivity index (χ3v) is 8.04. The Kier molecular flexibility index (Phi) is 7.94. The second kappa shape index (κ2) is 11.5. The fraction of sp³-hybridized carbons (Fsp3) is 0.345. The maximum atomic E-state index is 12.8. The number of sulfonamides is 1. The Labute approximate surface area is 229 Å². The van der Waals surface area contributed by atoms with E-state index in [0.717, 1.165) is 47.8 Å². The Balaban J connectivity index is 1.11. The van der Waals surface area contributed by atoms with E-state index in [1.807, 2.05) is 54.3 Å². The van der Waals surface area contributed by atoms with Crippen LogP contribution in [0.3, 0.4) is 0 Å². The van der Waals surface area contributed by atoms with E-state index in [0.29, 0.717) is 24.5 Å². The number of carbonyl (C=O) groups excluding carboxylic acids is 1. The SMILES string of the molecule is Cc1ccc(CN(c2ccc(OCC(=O)N3CCN(Cc4ccc5c(c4)OCO5)CC3)cc2)S(C)(=O)=O)cc1. The minimum absolute atomic E-state index is 0.0688. The number of benzene rings is 3. The van der Waals surface area contributed by atoms with E-state index in [-0.39, 0.29) is 25.9 Å². The van der Waals surface area contributed by atoms with E-state index in [9.17, 15) is 13.2 Å². The molecule has 0 saturated carbocycles. The molecule has 3 aromatic rings. The number of hydrogen-bond acceptors (Lipinski definition) is 7. The first kappa shape index (κ1) is 26.8. The quantitative estimate of drug-likeness (QED) is 0.403. The molecule has 10 heteroatoms. The van der Waals surface area contributed by atoms with Gasteiger partial charge in [-0.25, -0.2) is 8.42 Å². The monoisotopic (exact) mass is 551 g/mol. The van der Waals surface area contributed by atoms with E-state index in [2.05, 4.69) is 4.90 Å². The normalized spacial score (nSPS) is 15.3. The molecule has 39 heavy (non-hydrogen) atoms. The Hall–Kier alpha value is -3.76.